The van der Waals surface area contributed by atoms with E-state index >= 15 is 0 Å². The average Bonchev–Trinajstić information content (AvgIpc) is 3.11. The second-order valence-electron chi connectivity index (χ2n) is 5.00. The number of nitrogens with zero attached hydrogens (tertiary/aromatic N) is 3. The van der Waals surface area contributed by atoms with Gasteiger partial charge < -0.3 is 9.15 Å². The number of halogens is 3. The third-order valence-electron chi connectivity index (χ3n) is 3.02. The van der Waals surface area contributed by atoms with Crippen molar-refractivity contribution in [3.63, 3.8) is 0 Å². The second-order valence-corrected chi connectivity index (χ2v) is 7.13. The highest BCUT2D eigenvalue weighted by atomic mass is 32.2. The first-order valence-electron chi connectivity index (χ1n) is 7.05. The predicted octanol–water partition coefficient (Wildman–Crippen LogP) is 5.00. The zero-order chi connectivity index (χ0) is 18.0. The van der Waals surface area contributed by atoms with Gasteiger partial charge in [0, 0.05) is 5.75 Å². The molecule has 0 aliphatic heterocycles. The molecule has 0 fully saturated rings. The molecule has 2 heterocycles. The van der Waals surface area contributed by atoms with Crippen LogP contribution in [-0.4, -0.2) is 21.5 Å². The van der Waals surface area contributed by atoms with Gasteiger partial charge in [0.1, 0.15) is 10.6 Å². The molecule has 0 N–H and O–H groups in total. The molecule has 0 saturated heterocycles. The Morgan fingerprint density at radius 2 is 1.88 bits per heavy atom. The van der Waals surface area contributed by atoms with E-state index < -0.39 is 6.36 Å². The average molecular weight is 387 g/mol. The van der Waals surface area contributed by atoms with Crippen LogP contribution in [-0.2, 0) is 5.75 Å². The Morgan fingerprint density at radius 3 is 2.48 bits per heavy atom. The van der Waals surface area contributed by atoms with Crippen molar-refractivity contribution in [1.82, 2.24) is 15.2 Å². The maximum absolute atomic E-state index is 12.1. The molecule has 5 nitrogen and oxygen atoms in total. The largest absolute Gasteiger partial charge is 0.573 e. The number of ether oxygens (including phenoxy) is 1. The van der Waals surface area contributed by atoms with Crippen LogP contribution in [0.3, 0.4) is 0 Å². The van der Waals surface area contributed by atoms with Crippen molar-refractivity contribution in [3.8, 4) is 16.5 Å². The second kappa shape index (κ2) is 7.04. The van der Waals surface area contributed by atoms with E-state index in [1.54, 1.807) is 12.1 Å². The van der Waals surface area contributed by atoms with E-state index in [9.17, 15) is 13.2 Å². The van der Waals surface area contributed by atoms with E-state index in [0.29, 0.717) is 16.9 Å². The SMILES string of the molecule is Cc1nc(C)c(-c2nnc(SCc3ccc(OC(F)(F)F)cc3)o2)s1. The number of aromatic nitrogens is 3. The van der Waals surface area contributed by atoms with Gasteiger partial charge in [-0.2, -0.15) is 0 Å². The van der Waals surface area contributed by atoms with E-state index in [1.165, 1.54) is 35.2 Å². The third kappa shape index (κ3) is 4.73. The summed E-state index contributed by atoms with van der Waals surface area (Å²) >= 11 is 2.78. The monoisotopic (exact) mass is 387 g/mol. The van der Waals surface area contributed by atoms with Crippen molar-refractivity contribution in [2.75, 3.05) is 0 Å². The lowest BCUT2D eigenvalue weighted by Gasteiger charge is -2.08. The van der Waals surface area contributed by atoms with Crippen LogP contribution in [0.15, 0.2) is 33.9 Å². The first kappa shape index (κ1) is 17.7. The molecule has 0 saturated carbocycles. The zero-order valence-electron chi connectivity index (χ0n) is 13.1. The molecule has 0 spiro atoms. The fourth-order valence-electron chi connectivity index (χ4n) is 2.02. The van der Waals surface area contributed by atoms with Crippen molar-refractivity contribution < 1.29 is 22.3 Å². The normalized spacial score (nSPS) is 11.7. The lowest BCUT2D eigenvalue weighted by atomic mass is 10.2. The Morgan fingerprint density at radius 1 is 1.16 bits per heavy atom. The van der Waals surface area contributed by atoms with Crippen LogP contribution in [0, 0.1) is 13.8 Å². The Labute approximate surface area is 149 Å². The van der Waals surface area contributed by atoms with E-state index in [1.807, 2.05) is 13.8 Å². The highest BCUT2D eigenvalue weighted by Gasteiger charge is 2.30. The van der Waals surface area contributed by atoms with E-state index in [4.69, 9.17) is 4.42 Å². The van der Waals surface area contributed by atoms with E-state index in [2.05, 4.69) is 19.9 Å². The van der Waals surface area contributed by atoms with Gasteiger partial charge >= 0.3 is 6.36 Å². The quantitative estimate of drug-likeness (QED) is 0.574. The van der Waals surface area contributed by atoms with Crippen molar-refractivity contribution in [3.05, 3.63) is 40.5 Å². The number of rotatable bonds is 5. The van der Waals surface area contributed by atoms with Crippen LogP contribution in [0.2, 0.25) is 0 Å². The maximum Gasteiger partial charge on any atom is 0.573 e. The van der Waals surface area contributed by atoms with Gasteiger partial charge in [0.15, 0.2) is 0 Å². The number of hydrogen-bond donors (Lipinski definition) is 0. The lowest BCUT2D eigenvalue weighted by molar-refractivity contribution is -0.274. The van der Waals surface area contributed by atoms with Gasteiger partial charge in [0.2, 0.25) is 0 Å². The van der Waals surface area contributed by atoms with Gasteiger partial charge in [0.25, 0.3) is 11.1 Å². The Bertz CT molecular complexity index is 860. The summed E-state index contributed by atoms with van der Waals surface area (Å²) in [6, 6.07) is 5.66. The molecule has 132 valence electrons. The lowest BCUT2D eigenvalue weighted by Crippen LogP contribution is -2.16. The standard InChI is InChI=1S/C15H12F3N3O2S2/c1-8-12(25-9(2)19-8)13-20-21-14(22-13)24-7-10-3-5-11(6-4-10)23-15(16,17)18/h3-6H,7H2,1-2H3. The molecule has 2 aromatic heterocycles. The van der Waals surface area contributed by atoms with Gasteiger partial charge in [-0.25, -0.2) is 4.98 Å². The maximum atomic E-state index is 12.1. The zero-order valence-corrected chi connectivity index (χ0v) is 14.8. The molecular formula is C15H12F3N3O2S2. The van der Waals surface area contributed by atoms with Gasteiger partial charge in [-0.3, -0.25) is 0 Å². The Hall–Kier alpha value is -2.07. The summed E-state index contributed by atoms with van der Waals surface area (Å²) in [6.45, 7) is 3.78. The summed E-state index contributed by atoms with van der Waals surface area (Å²) in [7, 11) is 0. The third-order valence-corrected chi connectivity index (χ3v) is 4.97. The minimum absolute atomic E-state index is 0.252. The highest BCUT2D eigenvalue weighted by Crippen LogP contribution is 2.31. The molecule has 3 rings (SSSR count). The smallest absolute Gasteiger partial charge is 0.410 e. The summed E-state index contributed by atoms with van der Waals surface area (Å²) < 4.78 is 45.8. The summed E-state index contributed by atoms with van der Waals surface area (Å²) in [5.41, 5.74) is 1.65. The van der Waals surface area contributed by atoms with E-state index in [0.717, 1.165) is 21.1 Å². The number of alkyl halides is 3. The number of aryl methyl sites for hydroxylation is 2. The Balaban J connectivity index is 1.62. The minimum atomic E-state index is -4.69. The molecule has 25 heavy (non-hydrogen) atoms. The molecule has 0 aliphatic carbocycles. The number of benzene rings is 1. The fraction of sp³-hybridized carbons (Fsp3) is 0.267. The highest BCUT2D eigenvalue weighted by molar-refractivity contribution is 7.98. The van der Waals surface area contributed by atoms with E-state index in [-0.39, 0.29) is 5.75 Å². The van der Waals surface area contributed by atoms with Crippen molar-refractivity contribution in [2.45, 2.75) is 31.2 Å². The summed E-state index contributed by atoms with van der Waals surface area (Å²) in [5, 5.41) is 9.29. The number of hydrogen-bond acceptors (Lipinski definition) is 7. The molecule has 1 aromatic carbocycles. The molecule has 0 atom stereocenters. The summed E-state index contributed by atoms with van der Waals surface area (Å²) in [5.74, 6) is 0.645. The van der Waals surface area contributed by atoms with Gasteiger partial charge in [-0.05, 0) is 31.5 Å². The van der Waals surface area contributed by atoms with Crippen molar-refractivity contribution in [1.29, 1.82) is 0 Å². The molecule has 3 aromatic rings. The van der Waals surface area contributed by atoms with Crippen LogP contribution >= 0.6 is 23.1 Å². The summed E-state index contributed by atoms with van der Waals surface area (Å²) in [6.07, 6.45) is -4.69. The number of thiazole rings is 1. The summed E-state index contributed by atoms with van der Waals surface area (Å²) in [4.78, 5) is 5.15. The van der Waals surface area contributed by atoms with Gasteiger partial charge in [-0.15, -0.1) is 34.7 Å². The molecule has 0 aliphatic rings. The van der Waals surface area contributed by atoms with Crippen molar-refractivity contribution >= 4 is 23.1 Å². The Kier molecular flexibility index (Phi) is 5.00. The van der Waals surface area contributed by atoms with Gasteiger partial charge in [0.05, 0.1) is 10.7 Å². The molecule has 0 unspecified atom stereocenters. The van der Waals surface area contributed by atoms with Crippen LogP contribution in [0.1, 0.15) is 16.3 Å². The predicted molar refractivity (Wildman–Crippen MR) is 87.6 cm³/mol. The molecule has 10 heteroatoms. The molecule has 0 amide bonds. The van der Waals surface area contributed by atoms with Crippen LogP contribution < -0.4 is 4.74 Å². The van der Waals surface area contributed by atoms with Crippen LogP contribution in [0.4, 0.5) is 13.2 Å². The number of thioether (sulfide) groups is 1. The van der Waals surface area contributed by atoms with Crippen LogP contribution in [0.5, 0.6) is 5.75 Å². The molecule has 0 bridgehead atoms. The first-order chi connectivity index (χ1) is 11.8. The van der Waals surface area contributed by atoms with Crippen molar-refractivity contribution in [2.24, 2.45) is 0 Å². The molecule has 0 radical (unpaired) electrons. The fourth-order valence-corrected chi connectivity index (χ4v) is 3.58. The van der Waals surface area contributed by atoms with Crippen LogP contribution in [0.25, 0.3) is 10.8 Å². The first-order valence-corrected chi connectivity index (χ1v) is 8.86. The van der Waals surface area contributed by atoms with Gasteiger partial charge in [-0.1, -0.05) is 23.9 Å². The topological polar surface area (TPSA) is 61.0 Å². The molecular weight excluding hydrogens is 375 g/mol. The minimum Gasteiger partial charge on any atom is -0.410 e.